The number of aromatic nitrogens is 2. The molecule has 0 saturated heterocycles. The summed E-state index contributed by atoms with van der Waals surface area (Å²) in [5, 5.41) is 3.97. The van der Waals surface area contributed by atoms with E-state index in [-0.39, 0.29) is 5.91 Å². The standard InChI is InChI=1S/C11H11N3O/c1-9-7-8-12-14(9)13-11(15)10-5-3-2-4-6-10/h2-8H,1H3,(H,13,15). The van der Waals surface area contributed by atoms with E-state index in [0.29, 0.717) is 5.56 Å². The van der Waals surface area contributed by atoms with Crippen molar-refractivity contribution >= 4 is 5.91 Å². The van der Waals surface area contributed by atoms with Gasteiger partial charge in [-0.25, -0.2) is 5.43 Å². The number of carbonyl (C=O) groups excluding carboxylic acids is 1. The van der Waals surface area contributed by atoms with Crippen molar-refractivity contribution in [3.8, 4) is 0 Å². The van der Waals surface area contributed by atoms with Crippen LogP contribution in [0.25, 0.3) is 0 Å². The van der Waals surface area contributed by atoms with E-state index in [1.54, 1.807) is 18.3 Å². The molecule has 1 amide bonds. The number of nitrogens with one attached hydrogen (secondary N) is 1. The smallest absolute Gasteiger partial charge is 0.267 e. The molecule has 2 aromatic rings. The zero-order valence-corrected chi connectivity index (χ0v) is 8.34. The molecule has 0 saturated carbocycles. The first-order valence-corrected chi connectivity index (χ1v) is 4.64. The van der Waals surface area contributed by atoms with Gasteiger partial charge in [0.1, 0.15) is 0 Å². The highest BCUT2D eigenvalue weighted by Gasteiger charge is 2.05. The molecule has 4 heteroatoms. The Bertz CT molecular complexity index is 462. The van der Waals surface area contributed by atoms with E-state index in [1.807, 2.05) is 31.2 Å². The number of benzene rings is 1. The van der Waals surface area contributed by atoms with Crippen molar-refractivity contribution in [3.63, 3.8) is 0 Å². The van der Waals surface area contributed by atoms with Gasteiger partial charge in [-0.2, -0.15) is 9.89 Å². The molecule has 0 aliphatic carbocycles. The Morgan fingerprint density at radius 2 is 2.00 bits per heavy atom. The molecule has 2 rings (SSSR count). The van der Waals surface area contributed by atoms with Crippen LogP contribution in [-0.4, -0.2) is 15.8 Å². The highest BCUT2D eigenvalue weighted by molar-refractivity contribution is 5.99. The molecule has 1 heterocycles. The normalized spacial score (nSPS) is 9.93. The van der Waals surface area contributed by atoms with E-state index >= 15 is 0 Å². The molecule has 0 atom stereocenters. The van der Waals surface area contributed by atoms with Crippen molar-refractivity contribution in [3.05, 3.63) is 53.9 Å². The summed E-state index contributed by atoms with van der Waals surface area (Å²) in [6, 6.07) is 10.9. The lowest BCUT2D eigenvalue weighted by Crippen LogP contribution is -2.24. The fourth-order valence-corrected chi connectivity index (χ4v) is 1.24. The van der Waals surface area contributed by atoms with Crippen LogP contribution in [0.2, 0.25) is 0 Å². The molecule has 0 aliphatic heterocycles. The molecule has 0 bridgehead atoms. The number of aryl methyl sites for hydroxylation is 1. The molecular formula is C11H11N3O. The van der Waals surface area contributed by atoms with Crippen LogP contribution in [0.15, 0.2) is 42.6 Å². The average molecular weight is 201 g/mol. The van der Waals surface area contributed by atoms with Gasteiger partial charge in [-0.05, 0) is 25.1 Å². The number of hydrogen-bond acceptors (Lipinski definition) is 2. The predicted octanol–water partition coefficient (Wildman–Crippen LogP) is 1.58. The summed E-state index contributed by atoms with van der Waals surface area (Å²) in [6.07, 6.45) is 1.64. The summed E-state index contributed by atoms with van der Waals surface area (Å²) >= 11 is 0. The molecule has 1 aromatic carbocycles. The minimum Gasteiger partial charge on any atom is -0.267 e. The molecule has 4 nitrogen and oxygen atoms in total. The SMILES string of the molecule is Cc1ccnn1NC(=O)c1ccccc1. The van der Waals surface area contributed by atoms with Crippen molar-refractivity contribution in [2.45, 2.75) is 6.92 Å². The van der Waals surface area contributed by atoms with Gasteiger partial charge in [-0.15, -0.1) is 0 Å². The van der Waals surface area contributed by atoms with Gasteiger partial charge in [0.2, 0.25) is 0 Å². The Morgan fingerprint density at radius 1 is 1.27 bits per heavy atom. The zero-order chi connectivity index (χ0) is 10.7. The topological polar surface area (TPSA) is 46.9 Å². The highest BCUT2D eigenvalue weighted by atomic mass is 16.2. The lowest BCUT2D eigenvalue weighted by atomic mass is 10.2. The molecule has 0 radical (unpaired) electrons. The first-order valence-electron chi connectivity index (χ1n) is 4.64. The first kappa shape index (κ1) is 9.45. The first-order chi connectivity index (χ1) is 7.27. The molecule has 0 unspecified atom stereocenters. The lowest BCUT2D eigenvalue weighted by Gasteiger charge is -2.06. The van der Waals surface area contributed by atoms with Crippen LogP contribution in [0.5, 0.6) is 0 Å². The molecule has 0 fully saturated rings. The monoisotopic (exact) mass is 201 g/mol. The molecule has 1 aromatic heterocycles. The summed E-state index contributed by atoms with van der Waals surface area (Å²) in [5.74, 6) is -0.164. The van der Waals surface area contributed by atoms with Gasteiger partial charge in [0, 0.05) is 5.56 Å². The van der Waals surface area contributed by atoms with Crippen LogP contribution in [0, 0.1) is 6.92 Å². The van der Waals surface area contributed by atoms with Crippen molar-refractivity contribution in [1.29, 1.82) is 0 Å². The third kappa shape index (κ3) is 2.04. The van der Waals surface area contributed by atoms with E-state index in [2.05, 4.69) is 10.5 Å². The van der Waals surface area contributed by atoms with Crippen LogP contribution in [0.3, 0.4) is 0 Å². The number of amides is 1. The lowest BCUT2D eigenvalue weighted by molar-refractivity contribution is 0.100. The van der Waals surface area contributed by atoms with E-state index in [9.17, 15) is 4.79 Å². The average Bonchev–Trinajstić information content (AvgIpc) is 2.66. The summed E-state index contributed by atoms with van der Waals surface area (Å²) < 4.78 is 0. The van der Waals surface area contributed by atoms with Gasteiger partial charge >= 0.3 is 0 Å². The fraction of sp³-hybridized carbons (Fsp3) is 0.0909. The van der Waals surface area contributed by atoms with Crippen molar-refractivity contribution in [1.82, 2.24) is 9.89 Å². The summed E-state index contributed by atoms with van der Waals surface area (Å²) in [4.78, 5) is 13.1. The maximum absolute atomic E-state index is 11.7. The third-order valence-corrected chi connectivity index (χ3v) is 2.08. The van der Waals surface area contributed by atoms with Gasteiger partial charge in [0.25, 0.3) is 5.91 Å². The van der Waals surface area contributed by atoms with Gasteiger partial charge < -0.3 is 0 Å². The van der Waals surface area contributed by atoms with Gasteiger partial charge in [-0.1, -0.05) is 18.2 Å². The van der Waals surface area contributed by atoms with Crippen LogP contribution < -0.4 is 5.43 Å². The Hall–Kier alpha value is -2.10. The Kier molecular flexibility index (Phi) is 2.49. The van der Waals surface area contributed by atoms with Crippen LogP contribution >= 0.6 is 0 Å². The maximum Gasteiger partial charge on any atom is 0.271 e. The van der Waals surface area contributed by atoms with E-state index in [1.165, 1.54) is 4.79 Å². The number of hydrogen-bond donors (Lipinski definition) is 1. The Balaban J connectivity index is 2.15. The minimum absolute atomic E-state index is 0.164. The molecular weight excluding hydrogens is 190 g/mol. The molecule has 0 spiro atoms. The number of rotatable bonds is 2. The van der Waals surface area contributed by atoms with Crippen molar-refractivity contribution < 1.29 is 4.79 Å². The molecule has 0 aliphatic rings. The maximum atomic E-state index is 11.7. The van der Waals surface area contributed by atoms with Crippen molar-refractivity contribution in [2.75, 3.05) is 5.43 Å². The Labute approximate surface area is 87.5 Å². The number of carbonyl (C=O) groups is 1. The fourth-order valence-electron chi connectivity index (χ4n) is 1.24. The zero-order valence-electron chi connectivity index (χ0n) is 8.34. The van der Waals surface area contributed by atoms with Gasteiger partial charge in [0.05, 0.1) is 11.9 Å². The van der Waals surface area contributed by atoms with Crippen molar-refractivity contribution in [2.24, 2.45) is 0 Å². The second kappa shape index (κ2) is 3.96. The summed E-state index contributed by atoms with van der Waals surface area (Å²) in [7, 11) is 0. The van der Waals surface area contributed by atoms with E-state index < -0.39 is 0 Å². The molecule has 15 heavy (non-hydrogen) atoms. The van der Waals surface area contributed by atoms with E-state index in [4.69, 9.17) is 0 Å². The second-order valence-corrected chi connectivity index (χ2v) is 3.19. The largest absolute Gasteiger partial charge is 0.271 e. The van der Waals surface area contributed by atoms with Crippen LogP contribution in [0.1, 0.15) is 16.1 Å². The predicted molar refractivity (Wildman–Crippen MR) is 57.1 cm³/mol. The minimum atomic E-state index is -0.164. The van der Waals surface area contributed by atoms with Crippen LogP contribution in [-0.2, 0) is 0 Å². The van der Waals surface area contributed by atoms with Gasteiger partial charge in [0.15, 0.2) is 0 Å². The molecule has 1 N–H and O–H groups in total. The third-order valence-electron chi connectivity index (χ3n) is 2.08. The number of nitrogens with zero attached hydrogens (tertiary/aromatic N) is 2. The summed E-state index contributed by atoms with van der Waals surface area (Å²) in [5.41, 5.74) is 4.18. The van der Waals surface area contributed by atoms with E-state index in [0.717, 1.165) is 5.69 Å². The molecule has 76 valence electrons. The quantitative estimate of drug-likeness (QED) is 0.801. The second-order valence-electron chi connectivity index (χ2n) is 3.19. The highest BCUT2D eigenvalue weighted by Crippen LogP contribution is 2.00. The summed E-state index contributed by atoms with van der Waals surface area (Å²) in [6.45, 7) is 1.87. The Morgan fingerprint density at radius 3 is 2.60 bits per heavy atom. The van der Waals surface area contributed by atoms with Gasteiger partial charge in [-0.3, -0.25) is 4.79 Å². The van der Waals surface area contributed by atoms with Crippen LogP contribution in [0.4, 0.5) is 0 Å².